The molecule has 0 aliphatic carbocycles. The summed E-state index contributed by atoms with van der Waals surface area (Å²) in [6, 6.07) is 9.58. The van der Waals surface area contributed by atoms with Gasteiger partial charge in [-0.15, -0.1) is 0 Å². The number of imide groups is 1. The van der Waals surface area contributed by atoms with Gasteiger partial charge in [0.1, 0.15) is 12.4 Å². The first-order valence-electron chi connectivity index (χ1n) is 8.49. The smallest absolute Gasteiger partial charge is 0.326 e. The average Bonchev–Trinajstić information content (AvgIpc) is 2.91. The molecule has 148 valence electrons. The first-order chi connectivity index (χ1) is 13.8. The number of nitrogens with one attached hydrogen (secondary N) is 1. The summed E-state index contributed by atoms with van der Waals surface area (Å²) in [7, 11) is 0. The predicted octanol–water partition coefficient (Wildman–Crippen LogP) is 1.81. The fourth-order valence-corrected chi connectivity index (χ4v) is 2.80. The molecule has 1 N–H and O–H groups in total. The molecule has 0 fully saturated rings. The molecule has 1 aliphatic heterocycles. The van der Waals surface area contributed by atoms with Crippen LogP contribution in [0.15, 0.2) is 42.5 Å². The van der Waals surface area contributed by atoms with Gasteiger partial charge in [0.05, 0.1) is 16.7 Å². The second kappa shape index (κ2) is 8.01. The van der Waals surface area contributed by atoms with Gasteiger partial charge >= 0.3 is 5.97 Å². The highest BCUT2D eigenvalue weighted by Gasteiger charge is 2.36. The Morgan fingerprint density at radius 2 is 1.66 bits per heavy atom. The largest absolute Gasteiger partial charge is 0.456 e. The number of carbonyl (C=O) groups excluding carboxylic acids is 5. The zero-order chi connectivity index (χ0) is 21.1. The third kappa shape index (κ3) is 4.18. The minimum Gasteiger partial charge on any atom is -0.456 e. The van der Waals surface area contributed by atoms with Crippen LogP contribution in [0.25, 0.3) is 0 Å². The van der Waals surface area contributed by atoms with Crippen molar-refractivity contribution in [2.75, 3.05) is 18.5 Å². The number of ether oxygens (including phenoxy) is 1. The van der Waals surface area contributed by atoms with E-state index in [9.17, 15) is 28.4 Å². The van der Waals surface area contributed by atoms with Crippen molar-refractivity contribution in [2.24, 2.45) is 0 Å². The number of anilines is 1. The van der Waals surface area contributed by atoms with E-state index in [0.717, 1.165) is 17.0 Å². The highest BCUT2D eigenvalue weighted by Crippen LogP contribution is 2.22. The average molecular weight is 398 g/mol. The Bertz CT molecular complexity index is 1010. The Kier molecular flexibility index (Phi) is 5.49. The summed E-state index contributed by atoms with van der Waals surface area (Å²) in [5, 5.41) is 2.37. The summed E-state index contributed by atoms with van der Waals surface area (Å²) >= 11 is 0. The molecule has 1 aliphatic rings. The Labute approximate surface area is 164 Å². The first kappa shape index (κ1) is 19.9. The van der Waals surface area contributed by atoms with Gasteiger partial charge in [0.15, 0.2) is 6.61 Å². The summed E-state index contributed by atoms with van der Waals surface area (Å²) < 4.78 is 18.8. The third-order valence-corrected chi connectivity index (χ3v) is 4.12. The maximum absolute atomic E-state index is 14.0. The number of ketones is 1. The number of benzene rings is 2. The monoisotopic (exact) mass is 398 g/mol. The summed E-state index contributed by atoms with van der Waals surface area (Å²) in [5.74, 6) is -4.35. The van der Waals surface area contributed by atoms with Crippen LogP contribution >= 0.6 is 0 Å². The van der Waals surface area contributed by atoms with Crippen LogP contribution in [0.2, 0.25) is 0 Å². The highest BCUT2D eigenvalue weighted by molar-refractivity contribution is 6.22. The van der Waals surface area contributed by atoms with Gasteiger partial charge in [0.2, 0.25) is 11.7 Å². The lowest BCUT2D eigenvalue weighted by Crippen LogP contribution is -2.36. The van der Waals surface area contributed by atoms with Crippen LogP contribution in [0.4, 0.5) is 10.1 Å². The molecule has 29 heavy (non-hydrogen) atoms. The van der Waals surface area contributed by atoms with Crippen molar-refractivity contribution in [3.63, 3.8) is 0 Å². The van der Waals surface area contributed by atoms with Crippen LogP contribution in [0.3, 0.4) is 0 Å². The SMILES string of the molecule is CC(=O)Nc1ccc(C(=O)COC(=O)CN2C(=O)c3ccccc3C2=O)c(F)c1. The van der Waals surface area contributed by atoms with Gasteiger partial charge in [-0.2, -0.15) is 0 Å². The summed E-state index contributed by atoms with van der Waals surface area (Å²) in [5.41, 5.74) is 0.215. The molecule has 0 atom stereocenters. The van der Waals surface area contributed by atoms with Crippen LogP contribution in [0.1, 0.15) is 38.0 Å². The fourth-order valence-electron chi connectivity index (χ4n) is 2.80. The number of halogens is 1. The van der Waals surface area contributed by atoms with E-state index in [-0.39, 0.29) is 22.4 Å². The number of hydrogen-bond acceptors (Lipinski definition) is 6. The van der Waals surface area contributed by atoms with E-state index >= 15 is 0 Å². The number of Topliss-reactive ketones (excluding diaryl/α,β-unsaturated/α-hetero) is 1. The van der Waals surface area contributed by atoms with E-state index in [0.29, 0.717) is 0 Å². The van der Waals surface area contributed by atoms with Gasteiger partial charge in [-0.1, -0.05) is 12.1 Å². The normalized spacial score (nSPS) is 12.6. The molecule has 0 radical (unpaired) electrons. The van der Waals surface area contributed by atoms with Crippen molar-refractivity contribution in [3.8, 4) is 0 Å². The van der Waals surface area contributed by atoms with Crippen LogP contribution in [0, 0.1) is 5.82 Å². The lowest BCUT2D eigenvalue weighted by molar-refractivity contribution is -0.142. The van der Waals surface area contributed by atoms with Crippen molar-refractivity contribution in [1.82, 2.24) is 4.90 Å². The van der Waals surface area contributed by atoms with E-state index < -0.39 is 48.4 Å². The summed E-state index contributed by atoms with van der Waals surface area (Å²) in [4.78, 5) is 60.2. The Morgan fingerprint density at radius 1 is 1.03 bits per heavy atom. The molecule has 9 heteroatoms. The standard InChI is InChI=1S/C20H15FN2O6/c1-11(24)22-12-6-7-15(16(21)8-12)17(25)10-29-18(26)9-23-19(27)13-4-2-3-5-14(13)20(23)28/h2-8H,9-10H2,1H3,(H,22,24). The second-order valence-electron chi connectivity index (χ2n) is 6.20. The van der Waals surface area contributed by atoms with E-state index in [1.54, 1.807) is 12.1 Å². The van der Waals surface area contributed by atoms with Crippen molar-refractivity contribution >= 4 is 35.2 Å². The van der Waals surface area contributed by atoms with Crippen molar-refractivity contribution < 1.29 is 33.1 Å². The van der Waals surface area contributed by atoms with E-state index in [4.69, 9.17) is 4.74 Å². The Balaban J connectivity index is 1.59. The third-order valence-electron chi connectivity index (χ3n) is 4.12. The molecular formula is C20H15FN2O6. The molecule has 0 saturated heterocycles. The zero-order valence-electron chi connectivity index (χ0n) is 15.2. The zero-order valence-corrected chi connectivity index (χ0v) is 15.2. The molecule has 2 aromatic rings. The van der Waals surface area contributed by atoms with Crippen molar-refractivity contribution in [2.45, 2.75) is 6.92 Å². The number of carbonyl (C=O) groups is 5. The van der Waals surface area contributed by atoms with Gasteiger partial charge in [-0.3, -0.25) is 28.9 Å². The quantitative estimate of drug-likeness (QED) is 0.451. The van der Waals surface area contributed by atoms with Crippen LogP contribution in [-0.4, -0.2) is 47.5 Å². The van der Waals surface area contributed by atoms with Gasteiger partial charge in [-0.25, -0.2) is 4.39 Å². The van der Waals surface area contributed by atoms with E-state index in [2.05, 4.69) is 5.32 Å². The Morgan fingerprint density at radius 3 is 2.21 bits per heavy atom. The van der Waals surface area contributed by atoms with Gasteiger partial charge in [0.25, 0.3) is 11.8 Å². The highest BCUT2D eigenvalue weighted by atomic mass is 19.1. The van der Waals surface area contributed by atoms with E-state index in [1.165, 1.54) is 25.1 Å². The number of amides is 3. The molecule has 8 nitrogen and oxygen atoms in total. The number of fused-ring (bicyclic) bond motifs is 1. The number of nitrogens with zero attached hydrogens (tertiary/aromatic N) is 1. The number of esters is 1. The summed E-state index contributed by atoms with van der Waals surface area (Å²) in [6.45, 7) is -0.174. The molecule has 3 rings (SSSR count). The minimum atomic E-state index is -0.983. The lowest BCUT2D eigenvalue weighted by atomic mass is 10.1. The molecule has 2 aromatic carbocycles. The predicted molar refractivity (Wildman–Crippen MR) is 97.8 cm³/mol. The number of rotatable bonds is 6. The maximum Gasteiger partial charge on any atom is 0.326 e. The molecule has 0 bridgehead atoms. The van der Waals surface area contributed by atoms with Crippen LogP contribution < -0.4 is 5.32 Å². The molecule has 0 aromatic heterocycles. The second-order valence-corrected chi connectivity index (χ2v) is 6.20. The van der Waals surface area contributed by atoms with E-state index in [1.807, 2.05) is 0 Å². The maximum atomic E-state index is 14.0. The van der Waals surface area contributed by atoms with Crippen LogP contribution in [-0.2, 0) is 14.3 Å². The topological polar surface area (TPSA) is 110 Å². The molecular weight excluding hydrogens is 383 g/mol. The Hall–Kier alpha value is -3.88. The molecule has 3 amide bonds. The van der Waals surface area contributed by atoms with Gasteiger partial charge in [-0.05, 0) is 30.3 Å². The molecule has 1 heterocycles. The summed E-state index contributed by atoms with van der Waals surface area (Å²) in [6.07, 6.45) is 0. The van der Waals surface area contributed by atoms with Crippen molar-refractivity contribution in [1.29, 1.82) is 0 Å². The van der Waals surface area contributed by atoms with Gasteiger partial charge < -0.3 is 10.1 Å². The molecule has 0 unspecified atom stereocenters. The minimum absolute atomic E-state index is 0.175. The fraction of sp³-hybridized carbons (Fsp3) is 0.150. The lowest BCUT2D eigenvalue weighted by Gasteiger charge is -2.13. The van der Waals surface area contributed by atoms with Crippen LogP contribution in [0.5, 0.6) is 0 Å². The first-order valence-corrected chi connectivity index (χ1v) is 8.49. The molecule has 0 saturated carbocycles. The van der Waals surface area contributed by atoms with Gasteiger partial charge in [0, 0.05) is 12.6 Å². The van der Waals surface area contributed by atoms with Crippen molar-refractivity contribution in [3.05, 3.63) is 65.0 Å². The number of hydrogen-bond donors (Lipinski definition) is 1. The molecule has 0 spiro atoms.